The van der Waals surface area contributed by atoms with Crippen LogP contribution in [0.4, 0.5) is 17.1 Å². The summed E-state index contributed by atoms with van der Waals surface area (Å²) in [7, 11) is 0. The fourth-order valence-electron chi connectivity index (χ4n) is 10.5. The van der Waals surface area contributed by atoms with Crippen molar-refractivity contribution in [1.29, 1.82) is 0 Å². The largest absolute Gasteiger partial charge is 0.308 e. The zero-order chi connectivity index (χ0) is 41.2. The van der Waals surface area contributed by atoms with Crippen LogP contribution in [-0.2, 0) is 5.41 Å². The topological polar surface area (TPSA) is 8.17 Å². The Balaban J connectivity index is 1.19. The minimum absolute atomic E-state index is 0.362. The van der Waals surface area contributed by atoms with Gasteiger partial charge in [-0.1, -0.05) is 194 Å². The van der Waals surface area contributed by atoms with Crippen LogP contribution in [0.5, 0.6) is 0 Å². The maximum Gasteiger partial charge on any atom is 0.0782 e. The van der Waals surface area contributed by atoms with E-state index in [1.807, 2.05) is 0 Å². The van der Waals surface area contributed by atoms with Gasteiger partial charge >= 0.3 is 0 Å². The van der Waals surface area contributed by atoms with E-state index in [4.69, 9.17) is 0 Å². The van der Waals surface area contributed by atoms with Gasteiger partial charge in [-0.15, -0.1) is 0 Å². The normalized spacial score (nSPS) is 14.3. The minimum atomic E-state index is -0.362. The van der Waals surface area contributed by atoms with Crippen molar-refractivity contribution >= 4 is 49.6 Å². The molecule has 0 radical (unpaired) electrons. The highest BCUT2D eigenvalue weighted by Crippen LogP contribution is 2.55. The summed E-state index contributed by atoms with van der Waals surface area (Å²) < 4.78 is 2.46. The van der Waals surface area contributed by atoms with Gasteiger partial charge in [-0.25, -0.2) is 0 Å². The van der Waals surface area contributed by atoms with Gasteiger partial charge in [0.15, 0.2) is 0 Å². The number of aromatic nitrogens is 1. The predicted molar refractivity (Wildman–Crippen MR) is 261 cm³/mol. The molecule has 0 fully saturated rings. The molecule has 0 bridgehead atoms. The second-order valence-corrected chi connectivity index (χ2v) is 16.6. The highest BCUT2D eigenvalue weighted by Gasteiger charge is 2.41. The van der Waals surface area contributed by atoms with Gasteiger partial charge in [-0.2, -0.15) is 0 Å². The maximum atomic E-state index is 2.54. The van der Waals surface area contributed by atoms with Crippen molar-refractivity contribution in [3.05, 3.63) is 253 Å². The predicted octanol–water partition coefficient (Wildman–Crippen LogP) is 16.1. The monoisotopic (exact) mass is 790 g/mol. The first-order valence-corrected chi connectivity index (χ1v) is 21.5. The third-order valence-electron chi connectivity index (χ3n) is 13.3. The van der Waals surface area contributed by atoms with Gasteiger partial charge in [0, 0.05) is 33.1 Å². The van der Waals surface area contributed by atoms with E-state index < -0.39 is 0 Å². The number of anilines is 3. The van der Waals surface area contributed by atoms with E-state index in [0.29, 0.717) is 0 Å². The van der Waals surface area contributed by atoms with Gasteiger partial charge in [0.1, 0.15) is 0 Å². The Morgan fingerprint density at radius 1 is 0.403 bits per heavy atom. The summed E-state index contributed by atoms with van der Waals surface area (Å²) in [4.78, 5) is 2.54. The molecular weight excluding hydrogens is 749 g/mol. The first-order valence-electron chi connectivity index (χ1n) is 21.5. The Hall–Kier alpha value is -7.94. The molecule has 11 aromatic rings. The van der Waals surface area contributed by atoms with Gasteiger partial charge < -0.3 is 9.47 Å². The van der Waals surface area contributed by atoms with Gasteiger partial charge in [0.2, 0.25) is 0 Å². The molecule has 1 aliphatic rings. The molecule has 0 spiro atoms. The van der Waals surface area contributed by atoms with Gasteiger partial charge in [-0.05, 0) is 105 Å². The van der Waals surface area contributed by atoms with E-state index in [1.165, 1.54) is 71.6 Å². The van der Waals surface area contributed by atoms with E-state index in [1.54, 1.807) is 0 Å². The van der Waals surface area contributed by atoms with Crippen LogP contribution in [-0.4, -0.2) is 4.57 Å². The quantitative estimate of drug-likeness (QED) is 0.156. The molecule has 0 saturated carbocycles. The molecule has 2 heteroatoms. The summed E-state index contributed by atoms with van der Waals surface area (Å²) >= 11 is 0. The number of benzene rings is 10. The highest BCUT2D eigenvalue weighted by atomic mass is 15.2. The molecular formula is C60H42N2. The lowest BCUT2D eigenvalue weighted by Crippen LogP contribution is -2.23. The molecule has 1 heterocycles. The van der Waals surface area contributed by atoms with E-state index in [-0.39, 0.29) is 5.41 Å². The van der Waals surface area contributed by atoms with Crippen LogP contribution in [0.2, 0.25) is 0 Å². The Labute approximate surface area is 362 Å². The van der Waals surface area contributed by atoms with Crippen LogP contribution >= 0.6 is 0 Å². The van der Waals surface area contributed by atoms with E-state index in [9.17, 15) is 0 Å². The Kier molecular flexibility index (Phi) is 8.33. The van der Waals surface area contributed by atoms with Crippen molar-refractivity contribution in [2.24, 2.45) is 0 Å². The molecule has 62 heavy (non-hydrogen) atoms. The number of hydrogen-bond acceptors (Lipinski definition) is 1. The molecule has 10 aromatic carbocycles. The molecule has 292 valence electrons. The van der Waals surface area contributed by atoms with E-state index in [0.717, 1.165) is 33.8 Å². The molecule has 0 aliphatic heterocycles. The third kappa shape index (κ3) is 5.43. The van der Waals surface area contributed by atoms with Crippen molar-refractivity contribution in [3.8, 4) is 39.1 Å². The molecule has 2 nitrogen and oxygen atoms in total. The molecule has 1 atom stereocenters. The summed E-state index contributed by atoms with van der Waals surface area (Å²) in [5.74, 6) is 0. The first kappa shape index (κ1) is 36.0. The molecule has 1 aliphatic carbocycles. The second-order valence-electron chi connectivity index (χ2n) is 16.6. The Morgan fingerprint density at radius 3 is 1.79 bits per heavy atom. The average Bonchev–Trinajstić information content (AvgIpc) is 3.82. The van der Waals surface area contributed by atoms with Crippen molar-refractivity contribution in [2.75, 3.05) is 4.90 Å². The number of nitrogens with zero attached hydrogens (tertiary/aromatic N) is 2. The van der Waals surface area contributed by atoms with Crippen LogP contribution in [0.1, 0.15) is 23.6 Å². The summed E-state index contributed by atoms with van der Waals surface area (Å²) in [6.07, 6.45) is 0. The Bertz CT molecular complexity index is 3470. The molecule has 0 amide bonds. The van der Waals surface area contributed by atoms with Crippen molar-refractivity contribution in [2.45, 2.75) is 12.3 Å². The first-order chi connectivity index (χ1) is 30.7. The van der Waals surface area contributed by atoms with Crippen molar-refractivity contribution in [1.82, 2.24) is 4.57 Å². The van der Waals surface area contributed by atoms with E-state index >= 15 is 0 Å². The fraction of sp³-hybridized carbons (Fsp3) is 0.0333. The van der Waals surface area contributed by atoms with Crippen LogP contribution in [0, 0.1) is 0 Å². The zero-order valence-electron chi connectivity index (χ0n) is 34.4. The molecule has 0 saturated heterocycles. The number of rotatable bonds is 7. The molecule has 0 N–H and O–H groups in total. The third-order valence-corrected chi connectivity index (χ3v) is 13.3. The fourth-order valence-corrected chi connectivity index (χ4v) is 10.5. The standard InChI is InChI=1S/C60H42N2/c1-60(43-24-7-3-8-25-43)53-34-14-11-28-47(53)48-39-38-45(40-54(48)60)61(57-37-19-33-52-50-30-13-16-36-56(50)62(59(52)57)44-26-9-4-10-27-44)55-35-15-12-29-49(55)51-32-18-23-42-22-17-31-46(58(42)51)41-20-5-2-6-21-41/h2-40H,1H3. The average molecular weight is 791 g/mol. The summed E-state index contributed by atoms with van der Waals surface area (Å²) in [5.41, 5.74) is 17.7. The van der Waals surface area contributed by atoms with Gasteiger partial charge in [-0.3, -0.25) is 0 Å². The lowest BCUT2D eigenvalue weighted by Gasteiger charge is -2.32. The summed E-state index contributed by atoms with van der Waals surface area (Å²) in [6, 6.07) is 86.9. The Morgan fingerprint density at radius 2 is 0.984 bits per heavy atom. The minimum Gasteiger partial charge on any atom is -0.308 e. The smallest absolute Gasteiger partial charge is 0.0782 e. The SMILES string of the molecule is CC1(c2ccccc2)c2ccccc2-c2ccc(N(c3ccccc3-c3cccc4cccc(-c5ccccc5)c34)c3cccc4c5ccccc5n(-c5ccccc5)c34)cc21. The van der Waals surface area contributed by atoms with Crippen LogP contribution in [0.15, 0.2) is 237 Å². The lowest BCUT2D eigenvalue weighted by molar-refractivity contribution is 0.714. The van der Waals surface area contributed by atoms with Gasteiger partial charge in [0.05, 0.1) is 22.4 Å². The summed E-state index contributed by atoms with van der Waals surface area (Å²) in [5, 5.41) is 4.89. The molecule has 1 aromatic heterocycles. The highest BCUT2D eigenvalue weighted by molar-refractivity contribution is 6.15. The number of fused-ring (bicyclic) bond motifs is 7. The number of hydrogen-bond donors (Lipinski definition) is 0. The second kappa shape index (κ2) is 14.4. The maximum absolute atomic E-state index is 2.54. The number of para-hydroxylation sites is 4. The van der Waals surface area contributed by atoms with Crippen LogP contribution < -0.4 is 4.90 Å². The molecule has 12 rings (SSSR count). The van der Waals surface area contributed by atoms with Crippen LogP contribution in [0.3, 0.4) is 0 Å². The van der Waals surface area contributed by atoms with Crippen LogP contribution in [0.25, 0.3) is 71.6 Å². The lowest BCUT2D eigenvalue weighted by atomic mass is 9.74. The van der Waals surface area contributed by atoms with Gasteiger partial charge in [0.25, 0.3) is 0 Å². The van der Waals surface area contributed by atoms with Crippen molar-refractivity contribution < 1.29 is 0 Å². The molecule has 1 unspecified atom stereocenters. The van der Waals surface area contributed by atoms with E-state index in [2.05, 4.69) is 253 Å². The van der Waals surface area contributed by atoms with Crippen molar-refractivity contribution in [3.63, 3.8) is 0 Å². The summed E-state index contributed by atoms with van der Waals surface area (Å²) in [6.45, 7) is 2.41. The zero-order valence-corrected chi connectivity index (χ0v) is 34.4.